The molecule has 0 saturated heterocycles. The Morgan fingerprint density at radius 1 is 1.36 bits per heavy atom. The third-order valence-corrected chi connectivity index (χ3v) is 2.33. The zero-order valence-corrected chi connectivity index (χ0v) is 7.33. The normalized spacial score (nSPS) is 9.73. The van der Waals surface area contributed by atoms with Crippen molar-refractivity contribution >= 4 is 29.5 Å². The first-order valence-electron chi connectivity index (χ1n) is 2.99. The third kappa shape index (κ3) is 1.55. The van der Waals surface area contributed by atoms with E-state index in [0.717, 1.165) is 0 Å². The van der Waals surface area contributed by atoms with Gasteiger partial charge < -0.3 is 0 Å². The Morgan fingerprint density at radius 3 is 2.55 bits per heavy atom. The fourth-order valence-corrected chi connectivity index (χ4v) is 1.15. The first kappa shape index (κ1) is 8.57. The van der Waals surface area contributed by atoms with Gasteiger partial charge in [-0.3, -0.25) is 4.79 Å². The molecule has 1 rings (SSSR count). The quantitative estimate of drug-likeness (QED) is 0.662. The lowest BCUT2D eigenvalue weighted by Gasteiger charge is -2.01. The molecule has 0 spiro atoms. The molecule has 0 unspecified atom stereocenters. The summed E-state index contributed by atoms with van der Waals surface area (Å²) in [6.07, 6.45) is 1.72. The van der Waals surface area contributed by atoms with Gasteiger partial charge in [0.2, 0.25) is 6.29 Å². The van der Waals surface area contributed by atoms with Crippen LogP contribution in [0.1, 0.15) is 11.1 Å². The minimum Gasteiger partial charge on any atom is -0.285 e. The molecular weight excluding hydrogens is 183 g/mol. The van der Waals surface area contributed by atoms with Gasteiger partial charge in [0.15, 0.2) is 0 Å². The maximum atomic E-state index is 10.2. The monoisotopic (exact) mass is 187 g/mol. The van der Waals surface area contributed by atoms with E-state index in [1.807, 2.05) is 0 Å². The molecule has 0 fully saturated rings. The van der Waals surface area contributed by atoms with E-state index in [2.05, 4.69) is 0 Å². The van der Waals surface area contributed by atoms with Crippen molar-refractivity contribution in [3.63, 3.8) is 0 Å². The van der Waals surface area contributed by atoms with Crippen LogP contribution in [0, 0.1) is 6.92 Å². The number of halogens is 2. The molecule has 0 saturated carbocycles. The average molecular weight is 188 g/mol. The number of rotatable bonds is 1. The summed E-state index contributed by atoms with van der Waals surface area (Å²) in [5, 5.41) is 0.946. The summed E-state index contributed by atoms with van der Waals surface area (Å²) in [6.45, 7) is 1.76. The summed E-state index contributed by atoms with van der Waals surface area (Å²) in [6, 6.07) is 3.17. The molecule has 0 N–H and O–H groups in total. The highest BCUT2D eigenvalue weighted by molar-refractivity contribution is 6.37. The highest BCUT2D eigenvalue weighted by atomic mass is 35.5. The molecule has 0 amide bonds. The Hall–Kier alpha value is -0.530. The number of carbonyl (C=O) groups excluding carboxylic acids is 1. The average Bonchev–Trinajstić information content (AvgIpc) is 2.01. The zero-order valence-electron chi connectivity index (χ0n) is 5.82. The second-order valence-electron chi connectivity index (χ2n) is 2.14. The molecule has 3 heteroatoms. The lowest BCUT2D eigenvalue weighted by atomic mass is 10.1. The minimum absolute atomic E-state index is 0.355. The number of benzene rings is 1. The summed E-state index contributed by atoms with van der Waals surface area (Å²) in [7, 11) is 0. The smallest absolute Gasteiger partial charge is 0.235 e. The van der Waals surface area contributed by atoms with Crippen LogP contribution in [0.4, 0.5) is 0 Å². The molecule has 1 aromatic carbocycles. The van der Waals surface area contributed by atoms with Crippen LogP contribution in [0.5, 0.6) is 0 Å². The topological polar surface area (TPSA) is 17.1 Å². The maximum absolute atomic E-state index is 10.2. The van der Waals surface area contributed by atoms with Crippen LogP contribution in [-0.4, -0.2) is 6.29 Å². The van der Waals surface area contributed by atoms with Crippen molar-refractivity contribution < 1.29 is 4.79 Å². The maximum Gasteiger partial charge on any atom is 0.235 e. The van der Waals surface area contributed by atoms with E-state index < -0.39 is 0 Å². The van der Waals surface area contributed by atoms with E-state index in [1.54, 1.807) is 25.3 Å². The summed E-state index contributed by atoms with van der Waals surface area (Å²) in [4.78, 5) is 10.2. The molecule has 0 aliphatic carbocycles. The highest BCUT2D eigenvalue weighted by Crippen LogP contribution is 2.25. The van der Waals surface area contributed by atoms with Gasteiger partial charge in [-0.1, -0.05) is 23.2 Å². The molecule has 1 radical (unpaired) electrons. The Morgan fingerprint density at radius 2 is 2.00 bits per heavy atom. The van der Waals surface area contributed by atoms with E-state index in [-0.39, 0.29) is 0 Å². The van der Waals surface area contributed by atoms with Crippen molar-refractivity contribution in [2.24, 2.45) is 0 Å². The summed E-state index contributed by atoms with van der Waals surface area (Å²) >= 11 is 11.5. The molecule has 1 nitrogen and oxygen atoms in total. The molecule has 11 heavy (non-hydrogen) atoms. The molecule has 0 heterocycles. The largest absolute Gasteiger partial charge is 0.285 e. The molecule has 0 aliphatic rings. The summed E-state index contributed by atoms with van der Waals surface area (Å²) < 4.78 is 0. The lowest BCUT2D eigenvalue weighted by molar-refractivity contribution is 0.563. The Kier molecular flexibility index (Phi) is 2.53. The SMILES string of the molecule is Cc1c(Cl)ccc([C]=O)c1Cl. The van der Waals surface area contributed by atoms with Gasteiger partial charge in [0.05, 0.1) is 5.02 Å². The van der Waals surface area contributed by atoms with Crippen LogP contribution in [0.3, 0.4) is 0 Å². The minimum atomic E-state index is 0.355. The fourth-order valence-electron chi connectivity index (χ4n) is 0.740. The Bertz CT molecular complexity index is 294. The van der Waals surface area contributed by atoms with E-state index in [1.165, 1.54) is 0 Å². The zero-order chi connectivity index (χ0) is 8.43. The Labute approximate surface area is 74.9 Å². The molecule has 0 atom stereocenters. The third-order valence-electron chi connectivity index (χ3n) is 1.43. The van der Waals surface area contributed by atoms with Crippen molar-refractivity contribution in [2.45, 2.75) is 6.92 Å². The van der Waals surface area contributed by atoms with Gasteiger partial charge in [-0.25, -0.2) is 0 Å². The first-order valence-corrected chi connectivity index (χ1v) is 3.75. The van der Waals surface area contributed by atoms with Gasteiger partial charge in [-0.15, -0.1) is 0 Å². The predicted molar refractivity (Wildman–Crippen MR) is 46.0 cm³/mol. The molecule has 0 aliphatic heterocycles. The van der Waals surface area contributed by atoms with Crippen LogP contribution < -0.4 is 0 Å². The van der Waals surface area contributed by atoms with Gasteiger partial charge >= 0.3 is 0 Å². The Balaban J connectivity index is 3.36. The van der Waals surface area contributed by atoms with Crippen LogP contribution >= 0.6 is 23.2 Å². The van der Waals surface area contributed by atoms with E-state index >= 15 is 0 Å². The molecule has 0 aromatic heterocycles. The molecular formula is C8H5Cl2O. The second kappa shape index (κ2) is 3.24. The van der Waals surface area contributed by atoms with Crippen molar-refractivity contribution in [2.75, 3.05) is 0 Å². The number of hydrogen-bond donors (Lipinski definition) is 0. The summed E-state index contributed by atoms with van der Waals surface area (Å²) in [5.74, 6) is 0. The predicted octanol–water partition coefficient (Wildman–Crippen LogP) is 2.76. The number of hydrogen-bond acceptors (Lipinski definition) is 1. The van der Waals surface area contributed by atoms with Gasteiger partial charge in [0.25, 0.3) is 0 Å². The van der Waals surface area contributed by atoms with E-state index in [4.69, 9.17) is 23.2 Å². The van der Waals surface area contributed by atoms with Gasteiger partial charge in [-0.05, 0) is 24.6 Å². The van der Waals surface area contributed by atoms with Crippen LogP contribution in [-0.2, 0) is 4.79 Å². The van der Waals surface area contributed by atoms with Gasteiger partial charge in [0, 0.05) is 10.6 Å². The van der Waals surface area contributed by atoms with E-state index in [0.29, 0.717) is 21.2 Å². The molecule has 0 bridgehead atoms. The van der Waals surface area contributed by atoms with Crippen molar-refractivity contribution in [1.29, 1.82) is 0 Å². The molecule has 57 valence electrons. The first-order chi connectivity index (χ1) is 5.16. The summed E-state index contributed by atoms with van der Waals surface area (Å²) in [5.41, 5.74) is 1.07. The van der Waals surface area contributed by atoms with Crippen LogP contribution in [0.15, 0.2) is 12.1 Å². The van der Waals surface area contributed by atoms with Crippen LogP contribution in [0.25, 0.3) is 0 Å². The second-order valence-corrected chi connectivity index (χ2v) is 2.92. The fraction of sp³-hybridized carbons (Fsp3) is 0.125. The van der Waals surface area contributed by atoms with Crippen LogP contribution in [0.2, 0.25) is 10.0 Å². The van der Waals surface area contributed by atoms with Crippen molar-refractivity contribution in [3.05, 3.63) is 33.3 Å². The van der Waals surface area contributed by atoms with Gasteiger partial charge in [-0.2, -0.15) is 0 Å². The molecule has 1 aromatic rings. The van der Waals surface area contributed by atoms with Gasteiger partial charge in [0.1, 0.15) is 0 Å². The van der Waals surface area contributed by atoms with Crippen molar-refractivity contribution in [1.82, 2.24) is 0 Å². The van der Waals surface area contributed by atoms with E-state index in [9.17, 15) is 4.79 Å². The lowest BCUT2D eigenvalue weighted by Crippen LogP contribution is -1.86. The highest BCUT2D eigenvalue weighted by Gasteiger charge is 2.05. The van der Waals surface area contributed by atoms with Crippen molar-refractivity contribution in [3.8, 4) is 0 Å². The standard InChI is InChI=1S/C8H5Cl2O/c1-5-7(9)3-2-6(4-11)8(5)10/h2-3H,1H3.